The van der Waals surface area contributed by atoms with Crippen LogP contribution in [0.2, 0.25) is 0 Å². The molecule has 0 fully saturated rings. The number of fused-ring (bicyclic) bond motifs is 1. The molecule has 114 valence electrons. The molecular formula is C17H25N3O. The van der Waals surface area contributed by atoms with Crippen molar-refractivity contribution in [1.82, 2.24) is 10.3 Å². The molecule has 4 nitrogen and oxygen atoms in total. The summed E-state index contributed by atoms with van der Waals surface area (Å²) >= 11 is 0. The second kappa shape index (κ2) is 7.96. The number of anilines is 1. The van der Waals surface area contributed by atoms with Crippen molar-refractivity contribution in [2.75, 3.05) is 38.8 Å². The monoisotopic (exact) mass is 287 g/mol. The van der Waals surface area contributed by atoms with E-state index < -0.39 is 0 Å². The molecule has 0 radical (unpaired) electrons. The summed E-state index contributed by atoms with van der Waals surface area (Å²) in [5, 5.41) is 5.87. The first-order chi connectivity index (χ1) is 10.3. The molecule has 2 rings (SSSR count). The summed E-state index contributed by atoms with van der Waals surface area (Å²) in [5.41, 5.74) is 1.25. The zero-order valence-electron chi connectivity index (χ0n) is 13.2. The van der Waals surface area contributed by atoms with Gasteiger partial charge in [0.1, 0.15) is 5.82 Å². The lowest BCUT2D eigenvalue weighted by Crippen LogP contribution is -2.21. The first-order valence-electron chi connectivity index (χ1n) is 7.55. The van der Waals surface area contributed by atoms with Gasteiger partial charge < -0.3 is 15.0 Å². The van der Waals surface area contributed by atoms with Gasteiger partial charge in [0.25, 0.3) is 0 Å². The van der Waals surface area contributed by atoms with Crippen LogP contribution in [-0.2, 0) is 11.3 Å². The van der Waals surface area contributed by atoms with Gasteiger partial charge in [-0.3, -0.25) is 0 Å². The molecule has 0 aliphatic rings. The SMILES string of the molecule is CCNCc1cnc(N(C)CCCOC)c2ccccc12. The second-order valence-corrected chi connectivity index (χ2v) is 5.20. The minimum Gasteiger partial charge on any atom is -0.385 e. The molecule has 1 N–H and O–H groups in total. The molecular weight excluding hydrogens is 262 g/mol. The van der Waals surface area contributed by atoms with Crippen LogP contribution in [0, 0.1) is 0 Å². The third kappa shape index (κ3) is 3.93. The van der Waals surface area contributed by atoms with E-state index in [4.69, 9.17) is 4.74 Å². The Morgan fingerprint density at radius 2 is 2.00 bits per heavy atom. The fraction of sp³-hybridized carbons (Fsp3) is 0.471. The third-order valence-corrected chi connectivity index (χ3v) is 3.63. The number of benzene rings is 1. The number of hydrogen-bond donors (Lipinski definition) is 1. The Labute approximate surface area is 127 Å². The molecule has 0 saturated carbocycles. The van der Waals surface area contributed by atoms with Gasteiger partial charge in [0, 0.05) is 45.4 Å². The first kappa shape index (κ1) is 15.7. The zero-order chi connectivity index (χ0) is 15.1. The molecule has 0 spiro atoms. The van der Waals surface area contributed by atoms with Gasteiger partial charge in [0.15, 0.2) is 0 Å². The van der Waals surface area contributed by atoms with Crippen LogP contribution in [0.3, 0.4) is 0 Å². The molecule has 1 heterocycles. The smallest absolute Gasteiger partial charge is 0.136 e. The highest BCUT2D eigenvalue weighted by atomic mass is 16.5. The van der Waals surface area contributed by atoms with E-state index in [1.165, 1.54) is 16.3 Å². The lowest BCUT2D eigenvalue weighted by Gasteiger charge is -2.21. The van der Waals surface area contributed by atoms with Crippen molar-refractivity contribution in [2.45, 2.75) is 19.9 Å². The molecule has 0 unspecified atom stereocenters. The Kier molecular flexibility index (Phi) is 5.96. The third-order valence-electron chi connectivity index (χ3n) is 3.63. The van der Waals surface area contributed by atoms with Crippen LogP contribution >= 0.6 is 0 Å². The summed E-state index contributed by atoms with van der Waals surface area (Å²) in [7, 11) is 3.83. The molecule has 0 aliphatic carbocycles. The Morgan fingerprint density at radius 1 is 1.24 bits per heavy atom. The maximum atomic E-state index is 5.12. The molecule has 1 aromatic heterocycles. The standard InChI is InChI=1S/C17H25N3O/c1-4-18-12-14-13-19-17(20(2)10-7-11-21-3)16-9-6-5-8-15(14)16/h5-6,8-9,13,18H,4,7,10-12H2,1-3H3. The van der Waals surface area contributed by atoms with Crippen molar-refractivity contribution in [3.05, 3.63) is 36.0 Å². The largest absolute Gasteiger partial charge is 0.385 e. The highest BCUT2D eigenvalue weighted by molar-refractivity contribution is 5.94. The number of aromatic nitrogens is 1. The molecule has 0 saturated heterocycles. The topological polar surface area (TPSA) is 37.4 Å². The minimum atomic E-state index is 0.779. The van der Waals surface area contributed by atoms with Crippen molar-refractivity contribution in [2.24, 2.45) is 0 Å². The predicted octanol–water partition coefficient (Wildman–Crippen LogP) is 2.82. The molecule has 0 atom stereocenters. The van der Waals surface area contributed by atoms with Gasteiger partial charge in [0.05, 0.1) is 0 Å². The van der Waals surface area contributed by atoms with Gasteiger partial charge in [-0.1, -0.05) is 31.2 Å². The molecule has 0 aliphatic heterocycles. The van der Waals surface area contributed by atoms with E-state index in [1.807, 2.05) is 6.20 Å². The van der Waals surface area contributed by atoms with Crippen LogP contribution in [0.25, 0.3) is 10.8 Å². The quantitative estimate of drug-likeness (QED) is 0.758. The van der Waals surface area contributed by atoms with Crippen molar-refractivity contribution in [1.29, 1.82) is 0 Å². The van der Waals surface area contributed by atoms with Crippen LogP contribution in [0.15, 0.2) is 30.5 Å². The van der Waals surface area contributed by atoms with E-state index in [0.717, 1.165) is 38.5 Å². The maximum Gasteiger partial charge on any atom is 0.136 e. The Bertz CT molecular complexity index is 571. The molecule has 2 aromatic rings. The fourth-order valence-electron chi connectivity index (χ4n) is 2.49. The molecule has 0 bridgehead atoms. The number of pyridine rings is 1. The van der Waals surface area contributed by atoms with Gasteiger partial charge in [-0.05, 0) is 23.9 Å². The van der Waals surface area contributed by atoms with Gasteiger partial charge in [-0.15, -0.1) is 0 Å². The highest BCUT2D eigenvalue weighted by Crippen LogP contribution is 2.26. The molecule has 4 heteroatoms. The number of nitrogens with one attached hydrogen (secondary N) is 1. The summed E-state index contributed by atoms with van der Waals surface area (Å²) < 4.78 is 5.12. The van der Waals surface area contributed by atoms with Crippen LogP contribution in [-0.4, -0.2) is 38.8 Å². The van der Waals surface area contributed by atoms with Crippen LogP contribution in [0.4, 0.5) is 5.82 Å². The van der Waals surface area contributed by atoms with Crippen LogP contribution in [0.5, 0.6) is 0 Å². The van der Waals surface area contributed by atoms with Gasteiger partial charge in [-0.2, -0.15) is 0 Å². The molecule has 0 amide bonds. The van der Waals surface area contributed by atoms with E-state index in [1.54, 1.807) is 7.11 Å². The van der Waals surface area contributed by atoms with Gasteiger partial charge in [0.2, 0.25) is 0 Å². The predicted molar refractivity (Wildman–Crippen MR) is 88.9 cm³/mol. The average molecular weight is 287 g/mol. The summed E-state index contributed by atoms with van der Waals surface area (Å²) in [5.74, 6) is 1.04. The number of nitrogens with zero attached hydrogens (tertiary/aromatic N) is 2. The first-order valence-corrected chi connectivity index (χ1v) is 7.55. The van der Waals surface area contributed by atoms with E-state index >= 15 is 0 Å². The van der Waals surface area contributed by atoms with Crippen molar-refractivity contribution in [3.8, 4) is 0 Å². The second-order valence-electron chi connectivity index (χ2n) is 5.20. The normalized spacial score (nSPS) is 11.0. The molecule has 1 aromatic carbocycles. The van der Waals surface area contributed by atoms with Crippen LogP contribution < -0.4 is 10.2 Å². The van der Waals surface area contributed by atoms with Crippen molar-refractivity contribution in [3.63, 3.8) is 0 Å². The average Bonchev–Trinajstić information content (AvgIpc) is 2.52. The van der Waals surface area contributed by atoms with Crippen molar-refractivity contribution >= 4 is 16.6 Å². The Hall–Kier alpha value is -1.65. The number of rotatable bonds is 8. The van der Waals surface area contributed by atoms with E-state index in [0.29, 0.717) is 0 Å². The summed E-state index contributed by atoms with van der Waals surface area (Å²) in [6.45, 7) is 5.66. The summed E-state index contributed by atoms with van der Waals surface area (Å²) in [4.78, 5) is 6.89. The van der Waals surface area contributed by atoms with Gasteiger partial charge in [-0.25, -0.2) is 4.98 Å². The number of ether oxygens (including phenoxy) is 1. The fourth-order valence-corrected chi connectivity index (χ4v) is 2.49. The summed E-state index contributed by atoms with van der Waals surface area (Å²) in [6, 6.07) is 8.50. The lowest BCUT2D eigenvalue weighted by molar-refractivity contribution is 0.196. The molecule has 21 heavy (non-hydrogen) atoms. The zero-order valence-corrected chi connectivity index (χ0v) is 13.2. The maximum absolute atomic E-state index is 5.12. The Balaban J connectivity index is 2.28. The minimum absolute atomic E-state index is 0.779. The van der Waals surface area contributed by atoms with E-state index in [2.05, 4.69) is 53.4 Å². The van der Waals surface area contributed by atoms with Gasteiger partial charge >= 0.3 is 0 Å². The highest BCUT2D eigenvalue weighted by Gasteiger charge is 2.10. The van der Waals surface area contributed by atoms with E-state index in [-0.39, 0.29) is 0 Å². The Morgan fingerprint density at radius 3 is 2.71 bits per heavy atom. The summed E-state index contributed by atoms with van der Waals surface area (Å²) in [6.07, 6.45) is 3.00. The van der Waals surface area contributed by atoms with Crippen LogP contribution in [0.1, 0.15) is 18.9 Å². The van der Waals surface area contributed by atoms with Crippen molar-refractivity contribution < 1.29 is 4.74 Å². The lowest BCUT2D eigenvalue weighted by atomic mass is 10.1. The van der Waals surface area contributed by atoms with E-state index in [9.17, 15) is 0 Å². The number of hydrogen-bond acceptors (Lipinski definition) is 4. The number of methoxy groups -OCH3 is 1.